The number of benzene rings is 1. The molecule has 20 heavy (non-hydrogen) atoms. The maximum Gasteiger partial charge on any atom is 0.338 e. The normalized spacial score (nSPS) is 25.8. The van der Waals surface area contributed by atoms with Crippen LogP contribution < -0.4 is 10.5 Å². The minimum Gasteiger partial charge on any atom is -0.398 e. The van der Waals surface area contributed by atoms with E-state index >= 15 is 0 Å². The second-order valence-electron chi connectivity index (χ2n) is 4.81. The Bertz CT molecular complexity index is 587. The third-order valence-electron chi connectivity index (χ3n) is 2.83. The highest BCUT2D eigenvalue weighted by molar-refractivity contribution is 7.84. The Balaban J connectivity index is 2.32. The monoisotopic (exact) mass is 302 g/mol. The predicted molar refractivity (Wildman–Crippen MR) is 72.7 cm³/mol. The molecule has 1 saturated heterocycles. The van der Waals surface area contributed by atoms with Crippen LogP contribution in [0.5, 0.6) is 0 Å². The highest BCUT2D eigenvalue weighted by Gasteiger charge is 2.45. The first kappa shape index (κ1) is 15.2. The molecule has 0 aliphatic carbocycles. The van der Waals surface area contributed by atoms with Crippen LogP contribution in [0, 0.1) is 0 Å². The van der Waals surface area contributed by atoms with Gasteiger partial charge in [-0.15, -0.1) is 0 Å². The van der Waals surface area contributed by atoms with E-state index in [1.165, 1.54) is 7.05 Å². The van der Waals surface area contributed by atoms with E-state index in [1.807, 2.05) is 0 Å². The molecule has 7 nitrogen and oxygen atoms in total. The quantitative estimate of drug-likeness (QED) is 0.802. The van der Waals surface area contributed by atoms with Gasteiger partial charge in [0.1, 0.15) is 6.10 Å². The van der Waals surface area contributed by atoms with Gasteiger partial charge in [0.2, 0.25) is 6.29 Å². The molecule has 0 amide bonds. The summed E-state index contributed by atoms with van der Waals surface area (Å²) in [6.07, 6.45) is -1.83. The zero-order valence-electron chi connectivity index (χ0n) is 11.5. The summed E-state index contributed by atoms with van der Waals surface area (Å²) in [5.74, 6) is -0.971. The third-order valence-corrected chi connectivity index (χ3v) is 3.78. The zero-order chi connectivity index (χ0) is 15.0. The maximum absolute atomic E-state index is 11.5. The molecule has 112 valence electrons. The summed E-state index contributed by atoms with van der Waals surface area (Å²) in [7, 11) is -2.65. The van der Waals surface area contributed by atoms with Crippen LogP contribution in [-0.4, -0.2) is 27.5 Å². The van der Waals surface area contributed by atoms with Gasteiger partial charge < -0.3 is 15.2 Å². The van der Waals surface area contributed by atoms with Crippen molar-refractivity contribution in [3.8, 4) is 0 Å². The molecule has 2 rings (SSSR count). The molecule has 0 spiro atoms. The van der Waals surface area contributed by atoms with Gasteiger partial charge >= 0.3 is 10.3 Å². The lowest BCUT2D eigenvalue weighted by Gasteiger charge is -2.18. The number of ether oxygens (including phenoxy) is 2. The van der Waals surface area contributed by atoms with E-state index in [9.17, 15) is 8.42 Å². The third kappa shape index (κ3) is 3.28. The molecule has 1 aliphatic rings. The fourth-order valence-corrected chi connectivity index (χ4v) is 2.44. The van der Waals surface area contributed by atoms with Crippen molar-refractivity contribution in [1.29, 1.82) is 0 Å². The Morgan fingerprint density at radius 2 is 1.95 bits per heavy atom. The number of hydrogen-bond acceptors (Lipinski definition) is 6. The molecule has 0 saturated carbocycles. The van der Waals surface area contributed by atoms with Gasteiger partial charge in [0.05, 0.1) is 0 Å². The van der Waals surface area contributed by atoms with Crippen LogP contribution in [0.15, 0.2) is 24.3 Å². The van der Waals surface area contributed by atoms with Crippen molar-refractivity contribution >= 4 is 16.0 Å². The van der Waals surface area contributed by atoms with Gasteiger partial charge in [-0.25, -0.2) is 4.18 Å². The summed E-state index contributed by atoms with van der Waals surface area (Å²) in [6.45, 7) is 3.35. The summed E-state index contributed by atoms with van der Waals surface area (Å²) >= 11 is 0. The van der Waals surface area contributed by atoms with Crippen LogP contribution in [0.2, 0.25) is 0 Å². The van der Waals surface area contributed by atoms with E-state index < -0.39 is 28.5 Å². The zero-order valence-corrected chi connectivity index (χ0v) is 12.3. The minimum atomic E-state index is -3.90. The van der Waals surface area contributed by atoms with Crippen LogP contribution in [0.25, 0.3) is 0 Å². The number of hydrogen-bond donors (Lipinski definition) is 2. The minimum absolute atomic E-state index is 0.481. The Kier molecular flexibility index (Phi) is 4.03. The standard InChI is InChI=1S/C12H18N2O5S/c1-12(2)17-10(8-6-4-5-7-9(8)13)11(18-12)19-20(15,16)14-3/h4-7,10-11,14H,13H2,1-3H3/t10-,11-/m0/s1. The molecule has 0 aromatic heterocycles. The van der Waals surface area contributed by atoms with E-state index in [1.54, 1.807) is 38.1 Å². The van der Waals surface area contributed by atoms with Gasteiger partial charge in [-0.3, -0.25) is 0 Å². The van der Waals surface area contributed by atoms with E-state index in [4.69, 9.17) is 19.4 Å². The van der Waals surface area contributed by atoms with Gasteiger partial charge in [0.25, 0.3) is 0 Å². The molecule has 0 radical (unpaired) electrons. The second-order valence-corrected chi connectivity index (χ2v) is 6.32. The highest BCUT2D eigenvalue weighted by Crippen LogP contribution is 2.40. The molecule has 0 unspecified atom stereocenters. The van der Waals surface area contributed by atoms with E-state index in [-0.39, 0.29) is 0 Å². The van der Waals surface area contributed by atoms with E-state index in [0.717, 1.165) is 0 Å². The topological polar surface area (TPSA) is 99.9 Å². The van der Waals surface area contributed by atoms with Crippen LogP contribution in [0.1, 0.15) is 25.5 Å². The van der Waals surface area contributed by atoms with Gasteiger partial charge in [0.15, 0.2) is 5.79 Å². The number of anilines is 1. The summed E-state index contributed by atoms with van der Waals surface area (Å²) in [6, 6.07) is 7.00. The number of para-hydroxylation sites is 1. The summed E-state index contributed by atoms with van der Waals surface area (Å²) in [5, 5.41) is 0. The maximum atomic E-state index is 11.5. The Morgan fingerprint density at radius 3 is 2.55 bits per heavy atom. The molecular weight excluding hydrogens is 284 g/mol. The SMILES string of the molecule is CNS(=O)(=O)O[C@@H]1OC(C)(C)O[C@H]1c1ccccc1N. The molecule has 1 aromatic carbocycles. The van der Waals surface area contributed by atoms with Crippen LogP contribution in [-0.2, 0) is 24.0 Å². The average molecular weight is 302 g/mol. The molecule has 2 atom stereocenters. The average Bonchev–Trinajstić information content (AvgIpc) is 2.64. The van der Waals surface area contributed by atoms with Gasteiger partial charge in [-0.2, -0.15) is 13.1 Å². The largest absolute Gasteiger partial charge is 0.398 e. The molecule has 1 aliphatic heterocycles. The number of rotatable bonds is 4. The fraction of sp³-hybridized carbons (Fsp3) is 0.500. The van der Waals surface area contributed by atoms with Crippen LogP contribution >= 0.6 is 0 Å². The lowest BCUT2D eigenvalue weighted by Crippen LogP contribution is -2.31. The van der Waals surface area contributed by atoms with Crippen molar-refractivity contribution < 1.29 is 22.1 Å². The van der Waals surface area contributed by atoms with Gasteiger partial charge in [-0.05, 0) is 19.9 Å². The fourth-order valence-electron chi connectivity index (χ4n) is 1.95. The Labute approximate surface area is 118 Å². The summed E-state index contributed by atoms with van der Waals surface area (Å²) < 4.78 is 41.3. The molecule has 8 heteroatoms. The number of nitrogen functional groups attached to an aromatic ring is 1. The van der Waals surface area contributed by atoms with Crippen LogP contribution in [0.3, 0.4) is 0 Å². The van der Waals surface area contributed by atoms with Crippen molar-refractivity contribution in [2.24, 2.45) is 0 Å². The number of nitrogens with one attached hydrogen (secondary N) is 1. The first-order valence-electron chi connectivity index (χ1n) is 6.06. The Hall–Kier alpha value is -1.19. The van der Waals surface area contributed by atoms with Crippen LogP contribution in [0.4, 0.5) is 5.69 Å². The Morgan fingerprint density at radius 1 is 1.30 bits per heavy atom. The first-order valence-corrected chi connectivity index (χ1v) is 7.47. The molecular formula is C12H18N2O5S. The highest BCUT2D eigenvalue weighted by atomic mass is 32.2. The second kappa shape index (κ2) is 5.30. The molecule has 1 aromatic rings. The van der Waals surface area contributed by atoms with Crippen molar-refractivity contribution in [2.75, 3.05) is 12.8 Å². The lowest BCUT2D eigenvalue weighted by molar-refractivity contribution is -0.167. The van der Waals surface area contributed by atoms with Crippen molar-refractivity contribution in [2.45, 2.75) is 32.0 Å². The van der Waals surface area contributed by atoms with Crippen molar-refractivity contribution in [1.82, 2.24) is 4.72 Å². The summed E-state index contributed by atoms with van der Waals surface area (Å²) in [5.41, 5.74) is 6.99. The number of nitrogens with two attached hydrogens (primary N) is 1. The van der Waals surface area contributed by atoms with Gasteiger partial charge in [0, 0.05) is 18.3 Å². The smallest absolute Gasteiger partial charge is 0.338 e. The van der Waals surface area contributed by atoms with E-state index in [2.05, 4.69) is 4.72 Å². The van der Waals surface area contributed by atoms with Crippen molar-refractivity contribution in [3.05, 3.63) is 29.8 Å². The molecule has 3 N–H and O–H groups in total. The lowest BCUT2D eigenvalue weighted by atomic mass is 10.1. The molecule has 0 bridgehead atoms. The molecule has 1 fully saturated rings. The summed E-state index contributed by atoms with van der Waals surface area (Å²) in [4.78, 5) is 0. The van der Waals surface area contributed by atoms with Gasteiger partial charge in [-0.1, -0.05) is 18.2 Å². The van der Waals surface area contributed by atoms with E-state index in [0.29, 0.717) is 11.3 Å². The predicted octanol–water partition coefficient (Wildman–Crippen LogP) is 0.900. The van der Waals surface area contributed by atoms with Crippen molar-refractivity contribution in [3.63, 3.8) is 0 Å². The molecule has 1 heterocycles. The first-order chi connectivity index (χ1) is 9.24.